The van der Waals surface area contributed by atoms with Crippen molar-refractivity contribution in [1.82, 2.24) is 4.31 Å². The van der Waals surface area contributed by atoms with Crippen molar-refractivity contribution in [2.45, 2.75) is 43.0 Å². The summed E-state index contributed by atoms with van der Waals surface area (Å²) in [7, 11) is 3.40. The minimum atomic E-state index is -0.208. The van der Waals surface area contributed by atoms with Gasteiger partial charge in [0.15, 0.2) is 11.5 Å². The van der Waals surface area contributed by atoms with Crippen LogP contribution in [0.15, 0.2) is 59.5 Å². The number of ether oxygens (including phenoxy) is 3. The van der Waals surface area contributed by atoms with Gasteiger partial charge in [-0.15, -0.1) is 0 Å². The van der Waals surface area contributed by atoms with Crippen LogP contribution in [0.2, 0.25) is 0 Å². The van der Waals surface area contributed by atoms with Crippen molar-refractivity contribution in [2.75, 3.05) is 39.2 Å². The number of methoxy groups -OCH3 is 2. The van der Waals surface area contributed by atoms with E-state index in [4.69, 9.17) is 14.2 Å². The van der Waals surface area contributed by atoms with Crippen molar-refractivity contribution in [3.8, 4) is 17.2 Å². The van der Waals surface area contributed by atoms with Crippen LogP contribution in [-0.4, -0.2) is 38.2 Å². The van der Waals surface area contributed by atoms with Crippen molar-refractivity contribution in [1.29, 1.82) is 0 Å². The molecule has 0 radical (unpaired) electrons. The Balaban J connectivity index is 1.44. The Hall–Kier alpha value is -2.90. The van der Waals surface area contributed by atoms with E-state index >= 15 is 0 Å². The average molecular weight is 509 g/mol. The highest BCUT2D eigenvalue weighted by atomic mass is 32.2. The van der Waals surface area contributed by atoms with Gasteiger partial charge in [0.25, 0.3) is 0 Å². The summed E-state index contributed by atoms with van der Waals surface area (Å²) in [6.07, 6.45) is 2.89. The van der Waals surface area contributed by atoms with Gasteiger partial charge in [-0.1, -0.05) is 6.07 Å². The summed E-state index contributed by atoms with van der Waals surface area (Å²) in [6.45, 7) is 4.37. The Labute approximate surface area is 217 Å². The molecule has 0 fully saturated rings. The molecule has 2 atom stereocenters. The summed E-state index contributed by atoms with van der Waals surface area (Å²) in [4.78, 5) is 0.916. The van der Waals surface area contributed by atoms with E-state index in [1.54, 1.807) is 38.3 Å². The lowest BCUT2D eigenvalue weighted by Crippen LogP contribution is -2.31. The molecule has 0 spiro atoms. The van der Waals surface area contributed by atoms with Crippen molar-refractivity contribution < 1.29 is 18.6 Å². The molecular formula is C29H33FN2O3S. The SMILES string of the molecule is CCOc1cc2c(cc1OC)CCN(Sc1cccc(F)c1)C2CCC1CNc2ccc(OC)cc21. The lowest BCUT2D eigenvalue weighted by atomic mass is 9.87. The van der Waals surface area contributed by atoms with E-state index in [-0.39, 0.29) is 11.9 Å². The molecule has 0 saturated carbocycles. The zero-order valence-corrected chi connectivity index (χ0v) is 21.9. The maximum Gasteiger partial charge on any atom is 0.161 e. The Morgan fingerprint density at radius 2 is 1.89 bits per heavy atom. The molecule has 1 N–H and O–H groups in total. The lowest BCUT2D eigenvalue weighted by Gasteiger charge is -2.37. The molecule has 2 unspecified atom stereocenters. The number of fused-ring (bicyclic) bond motifs is 2. The van der Waals surface area contributed by atoms with E-state index in [9.17, 15) is 4.39 Å². The number of anilines is 1. The normalized spacial score (nSPS) is 18.8. The second-order valence-corrected chi connectivity index (χ2v) is 10.3. The molecule has 5 nitrogen and oxygen atoms in total. The number of hydrogen-bond acceptors (Lipinski definition) is 6. The molecule has 0 amide bonds. The largest absolute Gasteiger partial charge is 0.497 e. The van der Waals surface area contributed by atoms with Crippen LogP contribution in [0.3, 0.4) is 0 Å². The monoisotopic (exact) mass is 508 g/mol. The number of nitrogens with one attached hydrogen (secondary N) is 1. The van der Waals surface area contributed by atoms with E-state index in [2.05, 4.69) is 33.9 Å². The van der Waals surface area contributed by atoms with Crippen LogP contribution in [0.4, 0.5) is 10.1 Å². The van der Waals surface area contributed by atoms with E-state index in [0.717, 1.165) is 54.5 Å². The Bertz CT molecular complexity index is 1220. The highest BCUT2D eigenvalue weighted by Crippen LogP contribution is 2.46. The first kappa shape index (κ1) is 24.8. The standard InChI is InChI=1S/C29H33FN2O3S/c1-4-35-29-17-25-19(14-28(29)34-3)12-13-32(36-23-7-5-6-21(30)15-23)27(25)11-8-20-18-31-26-10-9-22(33-2)16-24(20)26/h5-7,9-10,14-17,20,27,31H,4,8,11-13,18H2,1-3H3. The summed E-state index contributed by atoms with van der Waals surface area (Å²) in [5, 5.41) is 3.55. The van der Waals surface area contributed by atoms with Crippen LogP contribution in [-0.2, 0) is 6.42 Å². The van der Waals surface area contributed by atoms with E-state index in [0.29, 0.717) is 12.5 Å². The number of nitrogens with zero attached hydrogens (tertiary/aromatic N) is 1. The van der Waals surface area contributed by atoms with Gasteiger partial charge in [0.05, 0.1) is 20.8 Å². The fraction of sp³-hybridized carbons (Fsp3) is 0.379. The van der Waals surface area contributed by atoms with Gasteiger partial charge >= 0.3 is 0 Å². The fourth-order valence-corrected chi connectivity index (χ4v) is 6.41. The minimum Gasteiger partial charge on any atom is -0.497 e. The molecule has 2 aliphatic rings. The minimum absolute atomic E-state index is 0.168. The predicted octanol–water partition coefficient (Wildman–Crippen LogP) is 6.84. The highest BCUT2D eigenvalue weighted by molar-refractivity contribution is 7.97. The van der Waals surface area contributed by atoms with Crippen LogP contribution < -0.4 is 19.5 Å². The third kappa shape index (κ3) is 5.13. The molecule has 36 heavy (non-hydrogen) atoms. The lowest BCUT2D eigenvalue weighted by molar-refractivity contribution is 0.294. The molecule has 0 saturated heterocycles. The molecule has 3 aromatic carbocycles. The molecule has 3 aromatic rings. The molecule has 0 aromatic heterocycles. The fourth-order valence-electron chi connectivity index (χ4n) is 5.31. The smallest absolute Gasteiger partial charge is 0.161 e. The first-order chi connectivity index (χ1) is 17.6. The average Bonchev–Trinajstić information content (AvgIpc) is 3.30. The van der Waals surface area contributed by atoms with Crippen molar-refractivity contribution in [3.63, 3.8) is 0 Å². The number of hydrogen-bond donors (Lipinski definition) is 1. The number of benzene rings is 3. The Morgan fingerprint density at radius 3 is 2.67 bits per heavy atom. The molecule has 2 heterocycles. The van der Waals surface area contributed by atoms with E-state index in [1.165, 1.54) is 28.4 Å². The summed E-state index contributed by atoms with van der Waals surface area (Å²) in [6, 6.07) is 17.6. The van der Waals surface area contributed by atoms with Crippen molar-refractivity contribution in [2.24, 2.45) is 0 Å². The molecule has 5 rings (SSSR count). The maximum absolute atomic E-state index is 14.0. The van der Waals surface area contributed by atoms with E-state index < -0.39 is 0 Å². The van der Waals surface area contributed by atoms with E-state index in [1.807, 2.05) is 19.1 Å². The highest BCUT2D eigenvalue weighted by Gasteiger charge is 2.32. The number of rotatable bonds is 9. The molecule has 0 bridgehead atoms. The van der Waals surface area contributed by atoms with Gasteiger partial charge in [0.1, 0.15) is 11.6 Å². The van der Waals surface area contributed by atoms with Crippen LogP contribution in [0.5, 0.6) is 17.2 Å². The molecule has 0 aliphatic carbocycles. The predicted molar refractivity (Wildman–Crippen MR) is 143 cm³/mol. The van der Waals surface area contributed by atoms with Crippen LogP contribution in [0, 0.1) is 5.82 Å². The zero-order valence-electron chi connectivity index (χ0n) is 21.1. The molecule has 190 valence electrons. The van der Waals surface area contributed by atoms with Crippen LogP contribution >= 0.6 is 11.9 Å². The Morgan fingerprint density at radius 1 is 1.00 bits per heavy atom. The molecular weight excluding hydrogens is 475 g/mol. The summed E-state index contributed by atoms with van der Waals surface area (Å²) >= 11 is 1.64. The molecule has 2 aliphatic heterocycles. The Kier molecular flexibility index (Phi) is 7.58. The quantitative estimate of drug-likeness (QED) is 0.319. The van der Waals surface area contributed by atoms with Crippen molar-refractivity contribution in [3.05, 3.63) is 77.1 Å². The van der Waals surface area contributed by atoms with Gasteiger partial charge in [-0.25, -0.2) is 8.70 Å². The van der Waals surface area contributed by atoms with Gasteiger partial charge in [-0.3, -0.25) is 0 Å². The van der Waals surface area contributed by atoms with Crippen LogP contribution in [0.1, 0.15) is 48.4 Å². The third-order valence-corrected chi connectivity index (χ3v) is 8.21. The summed E-state index contributed by atoms with van der Waals surface area (Å²) < 4.78 is 33.4. The molecule has 7 heteroatoms. The van der Waals surface area contributed by atoms with Gasteiger partial charge in [0, 0.05) is 35.6 Å². The van der Waals surface area contributed by atoms with Gasteiger partial charge < -0.3 is 19.5 Å². The second kappa shape index (κ2) is 11.0. The summed E-state index contributed by atoms with van der Waals surface area (Å²) in [5.74, 6) is 2.65. The zero-order chi connectivity index (χ0) is 25.1. The number of halogens is 1. The first-order valence-corrected chi connectivity index (χ1v) is 13.3. The van der Waals surface area contributed by atoms with Gasteiger partial charge in [-0.05, 0) is 103 Å². The van der Waals surface area contributed by atoms with Gasteiger partial charge in [-0.2, -0.15) is 0 Å². The van der Waals surface area contributed by atoms with Crippen molar-refractivity contribution >= 4 is 17.6 Å². The second-order valence-electron chi connectivity index (χ2n) is 9.20. The first-order valence-electron chi connectivity index (χ1n) is 12.5. The van der Waals surface area contributed by atoms with Gasteiger partial charge in [0.2, 0.25) is 0 Å². The third-order valence-electron chi connectivity index (χ3n) is 7.08. The summed E-state index contributed by atoms with van der Waals surface area (Å²) in [5.41, 5.74) is 5.08. The van der Waals surface area contributed by atoms with Crippen LogP contribution in [0.25, 0.3) is 0 Å². The maximum atomic E-state index is 14.0. The topological polar surface area (TPSA) is 43.0 Å².